The topological polar surface area (TPSA) is 55.6 Å². The number of nitrogens with zero attached hydrogens (tertiary/aromatic N) is 4. The third-order valence-electron chi connectivity index (χ3n) is 2.48. The van der Waals surface area contributed by atoms with E-state index < -0.39 is 0 Å². The summed E-state index contributed by atoms with van der Waals surface area (Å²) in [6.45, 7) is 10.5. The Morgan fingerprint density at radius 3 is 2.47 bits per heavy atom. The standard InChI is InChI=1S/C12H19N5/c1-8(2)16-10-9-11(14-6-13-10)17(7-15-9)12(3,4)5/h6-8H,1-5H3,(H,13,14,16). The minimum atomic E-state index is -0.0296. The lowest BCUT2D eigenvalue weighted by Gasteiger charge is -2.20. The van der Waals surface area contributed by atoms with Gasteiger partial charge in [0.15, 0.2) is 11.5 Å². The SMILES string of the molecule is CC(C)Nc1ncnc2c1ncn2C(C)(C)C. The highest BCUT2D eigenvalue weighted by atomic mass is 15.2. The maximum atomic E-state index is 4.41. The van der Waals surface area contributed by atoms with Gasteiger partial charge in [0.05, 0.1) is 6.33 Å². The number of hydrogen-bond acceptors (Lipinski definition) is 4. The molecule has 0 spiro atoms. The van der Waals surface area contributed by atoms with Gasteiger partial charge in [0.1, 0.15) is 11.8 Å². The van der Waals surface area contributed by atoms with Crippen molar-refractivity contribution in [2.75, 3.05) is 5.32 Å². The molecule has 0 unspecified atom stereocenters. The third-order valence-corrected chi connectivity index (χ3v) is 2.48. The summed E-state index contributed by atoms with van der Waals surface area (Å²) in [5, 5.41) is 3.29. The van der Waals surface area contributed by atoms with Crippen molar-refractivity contribution in [1.29, 1.82) is 0 Å². The van der Waals surface area contributed by atoms with Crippen LogP contribution in [-0.4, -0.2) is 25.6 Å². The molecule has 0 aromatic carbocycles. The Bertz CT molecular complexity index is 521. The number of anilines is 1. The average Bonchev–Trinajstić information content (AvgIpc) is 2.60. The lowest BCUT2D eigenvalue weighted by Crippen LogP contribution is -2.21. The van der Waals surface area contributed by atoms with Gasteiger partial charge in [0.2, 0.25) is 0 Å². The Labute approximate surface area is 101 Å². The molecule has 0 bridgehead atoms. The van der Waals surface area contributed by atoms with Crippen LogP contribution in [0.3, 0.4) is 0 Å². The summed E-state index contributed by atoms with van der Waals surface area (Å²) in [4.78, 5) is 13.0. The van der Waals surface area contributed by atoms with Crippen LogP contribution in [0.5, 0.6) is 0 Å². The Balaban J connectivity index is 2.57. The molecule has 0 aliphatic carbocycles. The van der Waals surface area contributed by atoms with Gasteiger partial charge < -0.3 is 9.88 Å². The van der Waals surface area contributed by atoms with Gasteiger partial charge in [-0.05, 0) is 34.6 Å². The van der Waals surface area contributed by atoms with Crippen molar-refractivity contribution in [2.45, 2.75) is 46.2 Å². The zero-order chi connectivity index (χ0) is 12.6. The molecule has 92 valence electrons. The van der Waals surface area contributed by atoms with Crippen LogP contribution in [0.15, 0.2) is 12.7 Å². The minimum Gasteiger partial charge on any atom is -0.366 e. The molecule has 0 aliphatic rings. The van der Waals surface area contributed by atoms with Gasteiger partial charge in [-0.2, -0.15) is 0 Å². The summed E-state index contributed by atoms with van der Waals surface area (Å²) in [7, 11) is 0. The molecule has 5 heteroatoms. The number of rotatable bonds is 2. The van der Waals surface area contributed by atoms with Crippen molar-refractivity contribution < 1.29 is 0 Å². The summed E-state index contributed by atoms with van der Waals surface area (Å²) < 4.78 is 2.06. The second-order valence-corrected chi connectivity index (χ2v) is 5.48. The van der Waals surface area contributed by atoms with E-state index in [1.54, 1.807) is 6.33 Å². The molecule has 0 radical (unpaired) electrons. The van der Waals surface area contributed by atoms with E-state index >= 15 is 0 Å². The Hall–Kier alpha value is -1.65. The van der Waals surface area contributed by atoms with Crippen LogP contribution in [-0.2, 0) is 5.54 Å². The molecule has 0 fully saturated rings. The quantitative estimate of drug-likeness (QED) is 0.865. The van der Waals surface area contributed by atoms with Crippen molar-refractivity contribution >= 4 is 17.0 Å². The predicted molar refractivity (Wildman–Crippen MR) is 69.1 cm³/mol. The first-order valence-electron chi connectivity index (χ1n) is 5.84. The first-order valence-corrected chi connectivity index (χ1v) is 5.84. The minimum absolute atomic E-state index is 0.0296. The summed E-state index contributed by atoms with van der Waals surface area (Å²) in [5.41, 5.74) is 1.67. The maximum Gasteiger partial charge on any atom is 0.165 e. The Morgan fingerprint density at radius 2 is 1.88 bits per heavy atom. The van der Waals surface area contributed by atoms with Crippen LogP contribution in [0.1, 0.15) is 34.6 Å². The second-order valence-electron chi connectivity index (χ2n) is 5.48. The lowest BCUT2D eigenvalue weighted by molar-refractivity contribution is 0.406. The molecular weight excluding hydrogens is 214 g/mol. The van der Waals surface area contributed by atoms with Crippen molar-refractivity contribution in [3.8, 4) is 0 Å². The fourth-order valence-electron chi connectivity index (χ4n) is 1.70. The molecule has 2 heterocycles. The van der Waals surface area contributed by atoms with Crippen LogP contribution in [0.4, 0.5) is 5.82 Å². The average molecular weight is 233 g/mol. The fourth-order valence-corrected chi connectivity index (χ4v) is 1.70. The van der Waals surface area contributed by atoms with E-state index in [4.69, 9.17) is 0 Å². The Kier molecular flexibility index (Phi) is 2.77. The number of fused-ring (bicyclic) bond motifs is 1. The highest BCUT2D eigenvalue weighted by Crippen LogP contribution is 2.23. The van der Waals surface area contributed by atoms with Crippen molar-refractivity contribution in [3.63, 3.8) is 0 Å². The first-order chi connectivity index (χ1) is 7.89. The molecule has 2 rings (SSSR count). The normalized spacial score (nSPS) is 12.4. The van der Waals surface area contributed by atoms with E-state index in [0.717, 1.165) is 17.0 Å². The van der Waals surface area contributed by atoms with Gasteiger partial charge in [-0.15, -0.1) is 0 Å². The van der Waals surface area contributed by atoms with Gasteiger partial charge in [-0.1, -0.05) is 0 Å². The third kappa shape index (κ3) is 2.23. The summed E-state index contributed by atoms with van der Waals surface area (Å²) in [6.07, 6.45) is 3.40. The Morgan fingerprint density at radius 1 is 1.18 bits per heavy atom. The second kappa shape index (κ2) is 3.98. The highest BCUT2D eigenvalue weighted by Gasteiger charge is 2.18. The van der Waals surface area contributed by atoms with E-state index in [2.05, 4.69) is 59.5 Å². The van der Waals surface area contributed by atoms with E-state index in [-0.39, 0.29) is 5.54 Å². The first kappa shape index (κ1) is 11.8. The lowest BCUT2D eigenvalue weighted by atomic mass is 10.1. The van der Waals surface area contributed by atoms with Crippen molar-refractivity contribution in [1.82, 2.24) is 19.5 Å². The molecule has 2 aromatic rings. The van der Waals surface area contributed by atoms with Gasteiger partial charge in [-0.3, -0.25) is 0 Å². The van der Waals surface area contributed by atoms with Gasteiger partial charge in [-0.25, -0.2) is 15.0 Å². The number of nitrogens with one attached hydrogen (secondary N) is 1. The van der Waals surface area contributed by atoms with Crippen molar-refractivity contribution in [3.05, 3.63) is 12.7 Å². The monoisotopic (exact) mass is 233 g/mol. The molecule has 0 saturated heterocycles. The molecule has 0 amide bonds. The van der Waals surface area contributed by atoms with Crippen LogP contribution in [0.2, 0.25) is 0 Å². The van der Waals surface area contributed by atoms with Gasteiger partial charge in [0, 0.05) is 11.6 Å². The molecule has 0 saturated carbocycles. The van der Waals surface area contributed by atoms with Gasteiger partial charge in [0.25, 0.3) is 0 Å². The van der Waals surface area contributed by atoms with E-state index in [1.165, 1.54) is 0 Å². The molecule has 2 aromatic heterocycles. The van der Waals surface area contributed by atoms with Crippen molar-refractivity contribution in [2.24, 2.45) is 0 Å². The highest BCUT2D eigenvalue weighted by molar-refractivity contribution is 5.82. The molecule has 0 aliphatic heterocycles. The predicted octanol–water partition coefficient (Wildman–Crippen LogP) is 2.40. The number of hydrogen-bond donors (Lipinski definition) is 1. The van der Waals surface area contributed by atoms with Gasteiger partial charge >= 0.3 is 0 Å². The van der Waals surface area contributed by atoms with E-state index in [9.17, 15) is 0 Å². The largest absolute Gasteiger partial charge is 0.366 e. The summed E-state index contributed by atoms with van der Waals surface area (Å²) in [5.74, 6) is 0.799. The molecular formula is C12H19N5. The smallest absolute Gasteiger partial charge is 0.165 e. The van der Waals surface area contributed by atoms with E-state index in [1.807, 2.05) is 6.33 Å². The molecule has 17 heavy (non-hydrogen) atoms. The molecule has 5 nitrogen and oxygen atoms in total. The maximum absolute atomic E-state index is 4.41. The van der Waals surface area contributed by atoms with E-state index in [0.29, 0.717) is 6.04 Å². The van der Waals surface area contributed by atoms with Crippen LogP contribution < -0.4 is 5.32 Å². The van der Waals surface area contributed by atoms with Crippen LogP contribution in [0.25, 0.3) is 11.2 Å². The molecule has 1 N–H and O–H groups in total. The fraction of sp³-hybridized carbons (Fsp3) is 0.583. The van der Waals surface area contributed by atoms with Crippen LogP contribution in [0, 0.1) is 0 Å². The number of imidazole rings is 1. The zero-order valence-corrected chi connectivity index (χ0v) is 11.0. The van der Waals surface area contributed by atoms with Crippen LogP contribution >= 0.6 is 0 Å². The summed E-state index contributed by atoms with van der Waals surface area (Å²) in [6, 6.07) is 0.327. The summed E-state index contributed by atoms with van der Waals surface area (Å²) >= 11 is 0. The molecule has 0 atom stereocenters. The number of aromatic nitrogens is 4. The zero-order valence-electron chi connectivity index (χ0n) is 11.0.